The first-order chi connectivity index (χ1) is 17.8. The molecule has 4 heteroatoms. The number of pyridine rings is 2. The highest BCUT2D eigenvalue weighted by atomic mass is 16.3. The molecule has 0 spiro atoms. The molecule has 36 heavy (non-hydrogen) atoms. The van der Waals surface area contributed by atoms with Crippen molar-refractivity contribution < 1.29 is 4.42 Å². The molecule has 4 aromatic carbocycles. The number of hydrogen-bond acceptors (Lipinski definition) is 3. The first-order valence-corrected chi connectivity index (χ1v) is 12.0. The fourth-order valence-electron chi connectivity index (χ4n) is 5.37. The smallest absolute Gasteiger partial charge is 0.160 e. The number of nitrogens with zero attached hydrogens (tertiary/aromatic N) is 3. The fraction of sp³-hybridized carbons (Fsp3) is 0. The van der Waals surface area contributed by atoms with Crippen LogP contribution in [0.2, 0.25) is 0 Å². The summed E-state index contributed by atoms with van der Waals surface area (Å²) in [4.78, 5) is 9.26. The predicted octanol–water partition coefficient (Wildman–Crippen LogP) is 8.27. The normalized spacial score (nSPS) is 11.9. The zero-order chi connectivity index (χ0) is 23.6. The van der Waals surface area contributed by atoms with Crippen LogP contribution >= 0.6 is 0 Å². The summed E-state index contributed by atoms with van der Waals surface area (Å²) in [7, 11) is 0. The third-order valence-electron chi connectivity index (χ3n) is 7.07. The van der Waals surface area contributed by atoms with Crippen molar-refractivity contribution in [2.75, 3.05) is 0 Å². The second kappa shape index (κ2) is 7.27. The largest absolute Gasteiger partial charge is 0.454 e. The molecule has 4 nitrogen and oxygen atoms in total. The maximum atomic E-state index is 6.50. The number of benzene rings is 4. The molecule has 4 aromatic heterocycles. The van der Waals surface area contributed by atoms with Crippen LogP contribution in [0.3, 0.4) is 0 Å². The van der Waals surface area contributed by atoms with E-state index in [4.69, 9.17) is 9.40 Å². The van der Waals surface area contributed by atoms with Gasteiger partial charge in [0.25, 0.3) is 0 Å². The Kier molecular flexibility index (Phi) is 3.91. The SMILES string of the molecule is c1cncc(-c2ccc(-c3ccc4oc5c6ccccc6c6nc7ccccc7n6c5c4c3)cc2)c1. The molecule has 0 amide bonds. The molecule has 0 saturated heterocycles. The van der Waals surface area contributed by atoms with E-state index in [0.717, 1.165) is 71.8 Å². The second-order valence-electron chi connectivity index (χ2n) is 9.11. The Morgan fingerprint density at radius 3 is 2.19 bits per heavy atom. The van der Waals surface area contributed by atoms with E-state index in [1.54, 1.807) is 6.20 Å². The van der Waals surface area contributed by atoms with Crippen molar-refractivity contribution in [2.45, 2.75) is 0 Å². The Morgan fingerprint density at radius 2 is 1.36 bits per heavy atom. The van der Waals surface area contributed by atoms with Gasteiger partial charge < -0.3 is 4.42 Å². The Bertz CT molecular complexity index is 2080. The first-order valence-electron chi connectivity index (χ1n) is 12.0. The van der Waals surface area contributed by atoms with Gasteiger partial charge in [-0.2, -0.15) is 0 Å². The predicted molar refractivity (Wildman–Crippen MR) is 146 cm³/mol. The maximum absolute atomic E-state index is 6.50. The van der Waals surface area contributed by atoms with Crippen LogP contribution in [0.4, 0.5) is 0 Å². The van der Waals surface area contributed by atoms with Gasteiger partial charge in [-0.3, -0.25) is 9.38 Å². The van der Waals surface area contributed by atoms with Crippen molar-refractivity contribution in [3.63, 3.8) is 0 Å². The van der Waals surface area contributed by atoms with E-state index in [1.165, 1.54) is 0 Å². The summed E-state index contributed by atoms with van der Waals surface area (Å²) in [6, 6.07) is 35.8. The average molecular weight is 462 g/mol. The molecule has 4 heterocycles. The minimum absolute atomic E-state index is 0.871. The topological polar surface area (TPSA) is 43.3 Å². The summed E-state index contributed by atoms with van der Waals surface area (Å²) >= 11 is 0. The van der Waals surface area contributed by atoms with Crippen LogP contribution < -0.4 is 0 Å². The van der Waals surface area contributed by atoms with E-state index in [-0.39, 0.29) is 0 Å². The molecule has 0 aliphatic carbocycles. The van der Waals surface area contributed by atoms with Crippen molar-refractivity contribution >= 4 is 49.5 Å². The number of para-hydroxylation sites is 2. The molecule has 0 saturated carbocycles. The van der Waals surface area contributed by atoms with Gasteiger partial charge in [-0.1, -0.05) is 72.8 Å². The van der Waals surface area contributed by atoms with E-state index in [2.05, 4.69) is 100 Å². The molecule has 0 atom stereocenters. The molecule has 0 N–H and O–H groups in total. The number of hydrogen-bond donors (Lipinski definition) is 0. The third kappa shape index (κ3) is 2.70. The lowest BCUT2D eigenvalue weighted by atomic mass is 10.00. The van der Waals surface area contributed by atoms with Crippen molar-refractivity contribution in [3.05, 3.63) is 116 Å². The van der Waals surface area contributed by atoms with E-state index < -0.39 is 0 Å². The number of furan rings is 1. The zero-order valence-corrected chi connectivity index (χ0v) is 19.2. The molecule has 0 fully saturated rings. The number of rotatable bonds is 2. The van der Waals surface area contributed by atoms with Gasteiger partial charge in [0.1, 0.15) is 16.7 Å². The summed E-state index contributed by atoms with van der Waals surface area (Å²) < 4.78 is 8.76. The highest BCUT2D eigenvalue weighted by molar-refractivity contribution is 6.19. The van der Waals surface area contributed by atoms with Crippen LogP contribution in [-0.4, -0.2) is 14.4 Å². The number of imidazole rings is 1. The molecule has 8 aromatic rings. The van der Waals surface area contributed by atoms with E-state index in [1.807, 2.05) is 18.3 Å². The summed E-state index contributed by atoms with van der Waals surface area (Å²) in [5.74, 6) is 0. The Labute approximate surface area is 206 Å². The summed E-state index contributed by atoms with van der Waals surface area (Å²) in [5, 5.41) is 3.25. The van der Waals surface area contributed by atoms with Crippen LogP contribution in [0.5, 0.6) is 0 Å². The Balaban J connectivity index is 1.42. The van der Waals surface area contributed by atoms with E-state index in [9.17, 15) is 0 Å². The highest BCUT2D eigenvalue weighted by Crippen LogP contribution is 2.39. The third-order valence-corrected chi connectivity index (χ3v) is 7.07. The lowest BCUT2D eigenvalue weighted by Crippen LogP contribution is -1.89. The van der Waals surface area contributed by atoms with Gasteiger partial charge in [0.15, 0.2) is 5.58 Å². The van der Waals surface area contributed by atoms with Crippen molar-refractivity contribution in [1.29, 1.82) is 0 Å². The van der Waals surface area contributed by atoms with Crippen LogP contribution in [0.15, 0.2) is 120 Å². The van der Waals surface area contributed by atoms with Gasteiger partial charge in [-0.15, -0.1) is 0 Å². The minimum atomic E-state index is 0.871. The molecule has 0 radical (unpaired) electrons. The van der Waals surface area contributed by atoms with E-state index >= 15 is 0 Å². The molecule has 0 unspecified atom stereocenters. The number of fused-ring (bicyclic) bond motifs is 10. The first kappa shape index (κ1) is 19.4. The van der Waals surface area contributed by atoms with Gasteiger partial charge >= 0.3 is 0 Å². The lowest BCUT2D eigenvalue weighted by molar-refractivity contribution is 0.672. The van der Waals surface area contributed by atoms with Crippen molar-refractivity contribution in [1.82, 2.24) is 14.4 Å². The van der Waals surface area contributed by atoms with Gasteiger partial charge in [-0.05, 0) is 52.6 Å². The van der Waals surface area contributed by atoms with Gasteiger partial charge in [0.2, 0.25) is 0 Å². The Morgan fingerprint density at radius 1 is 0.611 bits per heavy atom. The average Bonchev–Trinajstić information content (AvgIpc) is 3.52. The molecule has 8 rings (SSSR count). The molecule has 0 aliphatic heterocycles. The van der Waals surface area contributed by atoms with Crippen molar-refractivity contribution in [2.24, 2.45) is 0 Å². The van der Waals surface area contributed by atoms with Crippen molar-refractivity contribution in [3.8, 4) is 22.3 Å². The highest BCUT2D eigenvalue weighted by Gasteiger charge is 2.19. The molecular formula is C32H19N3O. The van der Waals surface area contributed by atoms with Crippen LogP contribution in [-0.2, 0) is 0 Å². The minimum Gasteiger partial charge on any atom is -0.454 e. The summed E-state index contributed by atoms with van der Waals surface area (Å²) in [6.45, 7) is 0. The van der Waals surface area contributed by atoms with Gasteiger partial charge in [0.05, 0.1) is 11.0 Å². The lowest BCUT2D eigenvalue weighted by Gasteiger charge is -2.06. The number of aromatic nitrogens is 3. The maximum Gasteiger partial charge on any atom is 0.160 e. The fourth-order valence-corrected chi connectivity index (χ4v) is 5.37. The van der Waals surface area contributed by atoms with Crippen LogP contribution in [0.25, 0.3) is 71.8 Å². The summed E-state index contributed by atoms with van der Waals surface area (Å²) in [6.07, 6.45) is 3.69. The van der Waals surface area contributed by atoms with Crippen LogP contribution in [0, 0.1) is 0 Å². The molecule has 168 valence electrons. The van der Waals surface area contributed by atoms with Crippen LogP contribution in [0.1, 0.15) is 0 Å². The monoisotopic (exact) mass is 461 g/mol. The quantitative estimate of drug-likeness (QED) is 0.260. The Hall–Kier alpha value is -4.96. The second-order valence-corrected chi connectivity index (χ2v) is 9.11. The molecular weight excluding hydrogens is 442 g/mol. The molecule has 0 aliphatic rings. The molecule has 0 bridgehead atoms. The van der Waals surface area contributed by atoms with Gasteiger partial charge in [-0.25, -0.2) is 4.98 Å². The summed E-state index contributed by atoms with van der Waals surface area (Å²) in [5.41, 5.74) is 10.4. The zero-order valence-electron chi connectivity index (χ0n) is 19.2. The van der Waals surface area contributed by atoms with E-state index in [0.29, 0.717) is 0 Å². The van der Waals surface area contributed by atoms with Gasteiger partial charge in [0, 0.05) is 28.6 Å². The standard InChI is InChI=1S/C32H19N3O/c1-2-8-25-24(7-1)31-30(35-28-10-4-3-9-27(28)34-32(25)35)26-18-22(15-16-29(26)36-31)20-11-13-21(14-12-20)23-6-5-17-33-19-23/h1-19H.